The van der Waals surface area contributed by atoms with E-state index < -0.39 is 0 Å². The maximum atomic E-state index is 10.5. The van der Waals surface area contributed by atoms with Crippen LogP contribution >= 0.6 is 11.8 Å². The Morgan fingerprint density at radius 1 is 1.50 bits per heavy atom. The predicted octanol–water partition coefficient (Wildman–Crippen LogP) is 4.55. The molecule has 2 unspecified atom stereocenters. The first-order valence-electron chi connectivity index (χ1n) is 9.79. The molecule has 0 spiro atoms. The molecule has 0 aliphatic carbocycles. The van der Waals surface area contributed by atoms with Crippen molar-refractivity contribution in [1.82, 2.24) is 4.98 Å². The minimum Gasteiger partial charge on any atom is -0.467 e. The molecule has 1 amide bonds. The van der Waals surface area contributed by atoms with Crippen molar-refractivity contribution < 1.29 is 14.3 Å². The third kappa shape index (κ3) is 10.3. The Hall–Kier alpha value is -2.57. The topological polar surface area (TPSA) is 103 Å². The number of nitrogens with two attached hydrogens (primary N) is 1. The number of rotatable bonds is 7. The average molecular weight is 437 g/mol. The molecule has 1 aromatic heterocycles. The maximum absolute atomic E-state index is 10.5. The van der Waals surface area contributed by atoms with E-state index in [9.17, 15) is 4.79 Å². The predicted molar refractivity (Wildman–Crippen MR) is 126 cm³/mol. The maximum Gasteiger partial charge on any atom is 0.347 e. The van der Waals surface area contributed by atoms with E-state index in [0.29, 0.717) is 34.8 Å². The Balaban J connectivity index is 0.000000600. The molecule has 0 saturated heterocycles. The highest BCUT2D eigenvalue weighted by molar-refractivity contribution is 8.14. The highest BCUT2D eigenvalue weighted by Crippen LogP contribution is 2.38. The summed E-state index contributed by atoms with van der Waals surface area (Å²) in [6, 6.07) is 1.89. The largest absolute Gasteiger partial charge is 0.467 e. The molecule has 1 aliphatic rings. The minimum absolute atomic E-state index is 0.253. The van der Waals surface area contributed by atoms with E-state index in [1.165, 1.54) is 6.26 Å². The fraction of sp³-hybridized carbons (Fsp3) is 0.524. The van der Waals surface area contributed by atoms with Gasteiger partial charge in [-0.2, -0.15) is 0 Å². The van der Waals surface area contributed by atoms with Crippen molar-refractivity contribution in [2.45, 2.75) is 58.8 Å². The molecule has 2 rings (SSSR count). The molecule has 8 nitrogen and oxygen atoms in total. The second kappa shape index (κ2) is 15.3. The summed E-state index contributed by atoms with van der Waals surface area (Å²) in [4.78, 5) is 22.5. The third-order valence-electron chi connectivity index (χ3n) is 3.76. The molecule has 3 N–H and O–H groups in total. The van der Waals surface area contributed by atoms with Gasteiger partial charge in [0, 0.05) is 25.0 Å². The van der Waals surface area contributed by atoms with E-state index in [0.717, 1.165) is 12.0 Å². The summed E-state index contributed by atoms with van der Waals surface area (Å²) in [5, 5.41) is 3.61. The van der Waals surface area contributed by atoms with Crippen molar-refractivity contribution in [2.75, 3.05) is 18.7 Å². The molecule has 0 bridgehead atoms. The number of allylic oxidation sites excluding steroid dienone is 1. The number of aliphatic imine (C=N–C) groups is 1. The molecule has 0 aromatic carbocycles. The fourth-order valence-electron chi connectivity index (χ4n) is 2.50. The fourth-order valence-corrected chi connectivity index (χ4v) is 3.58. The van der Waals surface area contributed by atoms with Gasteiger partial charge in [0.2, 0.25) is 6.41 Å². The van der Waals surface area contributed by atoms with Gasteiger partial charge in [-0.05, 0) is 36.7 Å². The normalized spacial score (nSPS) is 20.2. The zero-order valence-corrected chi connectivity index (χ0v) is 19.5. The zero-order valence-electron chi connectivity index (χ0n) is 18.7. The van der Waals surface area contributed by atoms with Crippen molar-refractivity contribution in [3.05, 3.63) is 40.8 Å². The molecule has 30 heavy (non-hydrogen) atoms. The number of nitrogens with zero attached hydrogens (tertiary/aromatic N) is 3. The van der Waals surface area contributed by atoms with Gasteiger partial charge in [-0.1, -0.05) is 32.5 Å². The van der Waals surface area contributed by atoms with Crippen LogP contribution in [-0.4, -0.2) is 35.2 Å². The van der Waals surface area contributed by atoms with E-state index >= 15 is 0 Å². The molecular weight excluding hydrogens is 402 g/mol. The summed E-state index contributed by atoms with van der Waals surface area (Å²) >= 11 is 1.59. The van der Waals surface area contributed by atoms with Crippen LogP contribution in [0.4, 0.5) is 5.69 Å². The Kier molecular flexibility index (Phi) is 14.0. The van der Waals surface area contributed by atoms with Crippen LogP contribution in [0.1, 0.15) is 53.5 Å². The van der Waals surface area contributed by atoms with Crippen molar-refractivity contribution >= 4 is 29.0 Å². The van der Waals surface area contributed by atoms with Gasteiger partial charge in [0.1, 0.15) is 0 Å². The van der Waals surface area contributed by atoms with Gasteiger partial charge >= 0.3 is 5.70 Å². The zero-order chi connectivity index (χ0) is 23.0. The molecule has 0 fully saturated rings. The van der Waals surface area contributed by atoms with Crippen LogP contribution in [0.3, 0.4) is 0 Å². The molecule has 166 valence electrons. The number of hydrogen-bond acceptors (Lipinski definition) is 7. The van der Waals surface area contributed by atoms with Gasteiger partial charge in [0.05, 0.1) is 17.4 Å². The van der Waals surface area contributed by atoms with Crippen molar-refractivity contribution in [3.8, 4) is 6.57 Å². The number of nitrogens with one attached hydrogen (secondary N) is 1. The third-order valence-corrected chi connectivity index (χ3v) is 4.66. The van der Waals surface area contributed by atoms with Crippen LogP contribution in [0.15, 0.2) is 35.4 Å². The molecular formula is C21H34N5O3S+. The van der Waals surface area contributed by atoms with Crippen LogP contribution in [0.5, 0.6) is 0 Å². The Morgan fingerprint density at radius 2 is 2.20 bits per heavy atom. The molecule has 0 saturated carbocycles. The summed E-state index contributed by atoms with van der Waals surface area (Å²) < 4.78 is 9.75. The monoisotopic (exact) mass is 436 g/mol. The first-order valence-corrected chi connectivity index (χ1v) is 10.7. The van der Waals surface area contributed by atoms with Crippen LogP contribution in [-0.2, 0) is 19.8 Å². The lowest BCUT2D eigenvalue weighted by Crippen LogP contribution is -2.32. The first kappa shape index (κ1) is 27.4. The van der Waals surface area contributed by atoms with E-state index in [4.69, 9.17) is 21.8 Å². The molecule has 0 radical (unpaired) electrons. The van der Waals surface area contributed by atoms with Gasteiger partial charge in [-0.3, -0.25) is 14.8 Å². The Labute approximate surface area is 184 Å². The molecule has 9 heteroatoms. The lowest BCUT2D eigenvalue weighted by atomic mass is 9.89. The van der Waals surface area contributed by atoms with Crippen molar-refractivity contribution in [3.63, 3.8) is 0 Å². The van der Waals surface area contributed by atoms with Crippen LogP contribution in [0.25, 0.3) is 4.85 Å². The summed E-state index contributed by atoms with van der Waals surface area (Å²) in [5.74, 6) is 0. The van der Waals surface area contributed by atoms with Crippen molar-refractivity contribution in [1.29, 1.82) is 0 Å². The number of hydrogen-bond donors (Lipinski definition) is 2. The lowest BCUT2D eigenvalue weighted by Gasteiger charge is -2.33. The van der Waals surface area contributed by atoms with Gasteiger partial charge in [-0.15, -0.1) is 0 Å². The van der Waals surface area contributed by atoms with Gasteiger partial charge in [0.15, 0.2) is 18.2 Å². The number of aromatic nitrogens is 1. The number of ether oxygens (including phenoxy) is 2. The van der Waals surface area contributed by atoms with E-state index in [1.54, 1.807) is 31.1 Å². The number of anilines is 1. The second-order valence-electron chi connectivity index (χ2n) is 6.25. The number of pyridine rings is 1. The van der Waals surface area contributed by atoms with E-state index in [1.807, 2.05) is 33.8 Å². The standard InChI is InChI=1S/C12H16N4OS.C7H12NO2.C2H6/c1-8-4-12(2,16-11(13)18-8)9-3-10(15-7-17)6-14-5-9;1-4-9-6-10-5-7(2)8-3;1-2/h3,5-8H,4H2,1-2H3,(H2,13,16)(H,15,17);3,5H,4,6H2,1-2H3;1-2H3/q;+1;/b;7-5-;. The Bertz CT molecular complexity index is 748. The average Bonchev–Trinajstić information content (AvgIpc) is 2.72. The first-order chi connectivity index (χ1) is 14.3. The van der Waals surface area contributed by atoms with E-state index in [-0.39, 0.29) is 12.3 Å². The summed E-state index contributed by atoms with van der Waals surface area (Å²) in [5.41, 5.74) is 7.75. The summed E-state index contributed by atoms with van der Waals surface area (Å²) in [6.07, 6.45) is 6.37. The van der Waals surface area contributed by atoms with Crippen molar-refractivity contribution in [2.24, 2.45) is 10.7 Å². The molecule has 1 aliphatic heterocycles. The van der Waals surface area contributed by atoms with Crippen LogP contribution in [0, 0.1) is 6.57 Å². The second-order valence-corrected chi connectivity index (χ2v) is 7.71. The number of amidine groups is 1. The van der Waals surface area contributed by atoms with Gasteiger partial charge in [-0.25, -0.2) is 0 Å². The molecule has 2 heterocycles. The van der Waals surface area contributed by atoms with E-state index in [2.05, 4.69) is 27.1 Å². The quantitative estimate of drug-likeness (QED) is 0.281. The number of amides is 1. The molecule has 2 atom stereocenters. The number of thioether (sulfide) groups is 1. The van der Waals surface area contributed by atoms with Crippen LogP contribution in [0.2, 0.25) is 0 Å². The summed E-state index contributed by atoms with van der Waals surface area (Å²) in [6.45, 7) is 17.6. The molecule has 1 aromatic rings. The number of carbonyl (C=O) groups is 1. The van der Waals surface area contributed by atoms with Gasteiger partial charge < -0.3 is 20.5 Å². The minimum atomic E-state index is -0.373. The Morgan fingerprint density at radius 3 is 2.77 bits per heavy atom. The van der Waals surface area contributed by atoms with Crippen LogP contribution < -0.4 is 11.1 Å². The smallest absolute Gasteiger partial charge is 0.347 e. The summed E-state index contributed by atoms with van der Waals surface area (Å²) in [7, 11) is 0. The number of carbonyl (C=O) groups excluding carboxylic acids is 1. The van der Waals surface area contributed by atoms with Gasteiger partial charge in [0.25, 0.3) is 6.57 Å². The highest BCUT2D eigenvalue weighted by atomic mass is 32.2. The lowest BCUT2D eigenvalue weighted by molar-refractivity contribution is -0.105. The SMILES string of the molecule is C#[N+]/C(C)=C\OCOCC.CC.CC1CC(C)(c2cncc(NC=O)c2)N=C(N)S1. The highest BCUT2D eigenvalue weighted by Gasteiger charge is 2.33.